The number of rotatable bonds is 7. The predicted molar refractivity (Wildman–Crippen MR) is 126 cm³/mol. The number of carbonyl (C=O) groups excluding carboxylic acids is 2. The van der Waals surface area contributed by atoms with E-state index in [1.165, 1.54) is 13.3 Å². The third-order valence-electron chi connectivity index (χ3n) is 5.76. The van der Waals surface area contributed by atoms with E-state index >= 15 is 0 Å². The van der Waals surface area contributed by atoms with Crippen LogP contribution in [0.4, 0.5) is 0 Å². The molecule has 33 heavy (non-hydrogen) atoms. The summed E-state index contributed by atoms with van der Waals surface area (Å²) >= 11 is 0. The Balaban J connectivity index is 1.58. The zero-order valence-electron chi connectivity index (χ0n) is 18.6. The molecule has 4 rings (SSSR count). The van der Waals surface area contributed by atoms with Gasteiger partial charge >= 0.3 is 0 Å². The van der Waals surface area contributed by atoms with Crippen molar-refractivity contribution in [2.45, 2.75) is 12.5 Å². The van der Waals surface area contributed by atoms with Crippen LogP contribution in [0.2, 0.25) is 0 Å². The van der Waals surface area contributed by atoms with Gasteiger partial charge in [0.05, 0.1) is 12.7 Å². The minimum Gasteiger partial charge on any atom is -0.481 e. The van der Waals surface area contributed by atoms with Gasteiger partial charge in [0.15, 0.2) is 0 Å². The summed E-state index contributed by atoms with van der Waals surface area (Å²) in [7, 11) is 1.52. The third-order valence-corrected chi connectivity index (χ3v) is 5.76. The molecule has 1 atom stereocenters. The zero-order chi connectivity index (χ0) is 23.2. The Bertz CT molecular complexity index is 1110. The molecule has 2 amide bonds. The van der Waals surface area contributed by atoms with Gasteiger partial charge in [-0.05, 0) is 28.8 Å². The fourth-order valence-corrected chi connectivity index (χ4v) is 4.00. The van der Waals surface area contributed by atoms with Crippen molar-refractivity contribution in [3.05, 3.63) is 90.9 Å². The van der Waals surface area contributed by atoms with E-state index in [9.17, 15) is 9.59 Å². The van der Waals surface area contributed by atoms with E-state index in [0.717, 1.165) is 16.7 Å². The van der Waals surface area contributed by atoms with Gasteiger partial charge in [-0.3, -0.25) is 14.6 Å². The van der Waals surface area contributed by atoms with Crippen LogP contribution in [-0.2, 0) is 11.2 Å². The molecule has 168 valence electrons. The number of aromatic nitrogens is 2. The number of hydrogen-bond donors (Lipinski definition) is 0. The van der Waals surface area contributed by atoms with E-state index in [1.807, 2.05) is 42.6 Å². The summed E-state index contributed by atoms with van der Waals surface area (Å²) in [5, 5.41) is 0. The number of piperazine rings is 1. The van der Waals surface area contributed by atoms with Crippen molar-refractivity contribution in [1.82, 2.24) is 19.8 Å². The van der Waals surface area contributed by atoms with Crippen molar-refractivity contribution in [2.75, 3.05) is 26.7 Å². The lowest BCUT2D eigenvalue weighted by Crippen LogP contribution is -2.59. The highest BCUT2D eigenvalue weighted by Crippen LogP contribution is 2.23. The number of amides is 2. The van der Waals surface area contributed by atoms with Crippen molar-refractivity contribution in [3.63, 3.8) is 0 Å². The van der Waals surface area contributed by atoms with Crippen LogP contribution in [0.15, 0.2) is 79.8 Å². The molecule has 7 heteroatoms. The second-order valence-corrected chi connectivity index (χ2v) is 7.82. The van der Waals surface area contributed by atoms with Gasteiger partial charge in [0, 0.05) is 50.7 Å². The predicted octanol–water partition coefficient (Wildman–Crippen LogP) is 3.23. The molecule has 1 aliphatic rings. The summed E-state index contributed by atoms with van der Waals surface area (Å²) < 4.78 is 5.08. The second kappa shape index (κ2) is 10.1. The Labute approximate surface area is 193 Å². The number of methoxy groups -OCH3 is 1. The standard InChI is InChI=1S/C26H26N4O3/c1-3-13-29-14-15-30(25(31)22-10-11-24(33-2)28-18-22)23(26(29)32)16-19-6-8-20(9-7-19)21-5-4-12-27-17-21/h3-12,17-18,23H,1,13-16H2,2H3/t23-/m0/s1. The van der Waals surface area contributed by atoms with Crippen molar-refractivity contribution < 1.29 is 14.3 Å². The summed E-state index contributed by atoms with van der Waals surface area (Å²) in [6.07, 6.45) is 7.18. The van der Waals surface area contributed by atoms with Gasteiger partial charge in [0.2, 0.25) is 11.8 Å². The molecule has 7 nitrogen and oxygen atoms in total. The van der Waals surface area contributed by atoms with Gasteiger partial charge in [0.1, 0.15) is 6.04 Å². The lowest BCUT2D eigenvalue weighted by atomic mass is 9.98. The molecule has 1 aromatic carbocycles. The second-order valence-electron chi connectivity index (χ2n) is 7.82. The minimum absolute atomic E-state index is 0.0766. The van der Waals surface area contributed by atoms with E-state index in [1.54, 1.807) is 34.2 Å². The number of hydrogen-bond acceptors (Lipinski definition) is 5. The molecule has 0 spiro atoms. The number of nitrogens with zero attached hydrogens (tertiary/aromatic N) is 4. The minimum atomic E-state index is -0.599. The molecule has 1 fully saturated rings. The highest BCUT2D eigenvalue weighted by molar-refractivity contribution is 5.98. The average Bonchev–Trinajstić information content (AvgIpc) is 2.87. The summed E-state index contributed by atoms with van der Waals surface area (Å²) in [4.78, 5) is 38.3. The first-order valence-corrected chi connectivity index (χ1v) is 10.8. The van der Waals surface area contributed by atoms with Crippen LogP contribution in [0.25, 0.3) is 11.1 Å². The van der Waals surface area contributed by atoms with Gasteiger partial charge in [0.25, 0.3) is 5.91 Å². The molecule has 1 aliphatic heterocycles. The van der Waals surface area contributed by atoms with Crippen LogP contribution in [0, 0.1) is 0 Å². The molecule has 2 aromatic heterocycles. The molecular formula is C26H26N4O3. The first-order chi connectivity index (χ1) is 16.1. The summed E-state index contributed by atoms with van der Waals surface area (Å²) in [6, 6.07) is 14.7. The summed E-state index contributed by atoms with van der Waals surface area (Å²) in [6.45, 7) is 5.13. The molecule has 0 radical (unpaired) electrons. The molecular weight excluding hydrogens is 416 g/mol. The van der Waals surface area contributed by atoms with Crippen molar-refractivity contribution in [3.8, 4) is 17.0 Å². The monoisotopic (exact) mass is 442 g/mol. The van der Waals surface area contributed by atoms with Crippen LogP contribution in [0.3, 0.4) is 0 Å². The quantitative estimate of drug-likeness (QED) is 0.525. The van der Waals surface area contributed by atoms with Crippen molar-refractivity contribution in [1.29, 1.82) is 0 Å². The SMILES string of the molecule is C=CCN1CCN(C(=O)c2ccc(OC)nc2)[C@@H](Cc2ccc(-c3cccnc3)cc2)C1=O. The Kier molecular flexibility index (Phi) is 6.78. The maximum Gasteiger partial charge on any atom is 0.256 e. The molecule has 3 heterocycles. The van der Waals surface area contributed by atoms with Crippen molar-refractivity contribution >= 4 is 11.8 Å². The molecule has 0 aliphatic carbocycles. The topological polar surface area (TPSA) is 75.6 Å². The number of pyridine rings is 2. The zero-order valence-corrected chi connectivity index (χ0v) is 18.6. The Hall–Kier alpha value is -4.00. The lowest BCUT2D eigenvalue weighted by Gasteiger charge is -2.40. The fourth-order valence-electron chi connectivity index (χ4n) is 4.00. The molecule has 3 aromatic rings. The van der Waals surface area contributed by atoms with E-state index in [0.29, 0.717) is 37.5 Å². The van der Waals surface area contributed by atoms with E-state index < -0.39 is 6.04 Å². The fraction of sp³-hybridized carbons (Fsp3) is 0.231. The maximum absolute atomic E-state index is 13.3. The Morgan fingerprint density at radius 3 is 2.58 bits per heavy atom. The largest absolute Gasteiger partial charge is 0.481 e. The van der Waals surface area contributed by atoms with Crippen LogP contribution >= 0.6 is 0 Å². The molecule has 0 bridgehead atoms. The summed E-state index contributed by atoms with van der Waals surface area (Å²) in [5.41, 5.74) is 3.48. The summed E-state index contributed by atoms with van der Waals surface area (Å²) in [5.74, 6) is 0.143. The van der Waals surface area contributed by atoms with Gasteiger partial charge in [-0.1, -0.05) is 36.4 Å². The smallest absolute Gasteiger partial charge is 0.256 e. The van der Waals surface area contributed by atoms with Crippen LogP contribution < -0.4 is 4.74 Å². The van der Waals surface area contributed by atoms with Gasteiger partial charge in [-0.2, -0.15) is 0 Å². The van der Waals surface area contributed by atoms with Gasteiger partial charge in [-0.25, -0.2) is 4.98 Å². The first kappa shape index (κ1) is 22.2. The number of carbonyl (C=O) groups is 2. The highest BCUT2D eigenvalue weighted by Gasteiger charge is 2.37. The van der Waals surface area contributed by atoms with Gasteiger partial charge < -0.3 is 14.5 Å². The first-order valence-electron chi connectivity index (χ1n) is 10.8. The van der Waals surface area contributed by atoms with Crippen molar-refractivity contribution in [2.24, 2.45) is 0 Å². The third kappa shape index (κ3) is 4.92. The van der Waals surface area contributed by atoms with Crippen LogP contribution in [0.1, 0.15) is 15.9 Å². The van der Waals surface area contributed by atoms with Gasteiger partial charge in [-0.15, -0.1) is 6.58 Å². The molecule has 0 saturated carbocycles. The van der Waals surface area contributed by atoms with Crippen LogP contribution in [0.5, 0.6) is 5.88 Å². The Morgan fingerprint density at radius 2 is 1.94 bits per heavy atom. The van der Waals surface area contributed by atoms with E-state index in [2.05, 4.69) is 16.5 Å². The van der Waals surface area contributed by atoms with Crippen LogP contribution in [-0.4, -0.2) is 64.4 Å². The lowest BCUT2D eigenvalue weighted by molar-refractivity contribution is -0.139. The highest BCUT2D eigenvalue weighted by atomic mass is 16.5. The molecule has 0 unspecified atom stereocenters. The normalized spacial score (nSPS) is 15.9. The Morgan fingerprint density at radius 1 is 1.12 bits per heavy atom. The molecule has 0 N–H and O–H groups in total. The molecule has 1 saturated heterocycles. The average molecular weight is 443 g/mol. The maximum atomic E-state index is 13.3. The number of benzene rings is 1. The number of ether oxygens (including phenoxy) is 1. The van der Waals surface area contributed by atoms with E-state index in [4.69, 9.17) is 4.74 Å². The van der Waals surface area contributed by atoms with E-state index in [-0.39, 0.29) is 11.8 Å².